The molecule has 0 saturated carbocycles. The van der Waals surface area contributed by atoms with Crippen LogP contribution in [0.1, 0.15) is 51.5 Å². The van der Waals surface area contributed by atoms with Crippen LogP contribution < -0.4 is 16.2 Å². The number of imide groups is 1. The molecule has 3 amide bonds. The second-order valence-electron chi connectivity index (χ2n) is 8.34. The van der Waals surface area contributed by atoms with Crippen LogP contribution >= 0.6 is 23.1 Å². The fourth-order valence-corrected chi connectivity index (χ4v) is 5.99. The lowest BCUT2D eigenvalue weighted by molar-refractivity contribution is -0.119. The summed E-state index contributed by atoms with van der Waals surface area (Å²) in [5.41, 5.74) is 1.15. The molecule has 2 atom stereocenters. The van der Waals surface area contributed by atoms with Gasteiger partial charge in [-0.3, -0.25) is 19.5 Å². The van der Waals surface area contributed by atoms with Crippen molar-refractivity contribution in [1.29, 1.82) is 0 Å². The van der Waals surface area contributed by atoms with E-state index < -0.39 is 17.2 Å². The van der Waals surface area contributed by atoms with Crippen molar-refractivity contribution in [1.82, 2.24) is 20.2 Å². The first-order valence-electron chi connectivity index (χ1n) is 10.5. The molecule has 0 spiro atoms. The molecule has 9 heteroatoms. The number of thiophene rings is 1. The minimum Gasteiger partial charge on any atom is -0.338 e. The van der Waals surface area contributed by atoms with Crippen molar-refractivity contribution in [3.05, 3.63) is 20.8 Å². The topological polar surface area (TPSA) is 93.1 Å². The largest absolute Gasteiger partial charge is 0.338 e. The highest BCUT2D eigenvalue weighted by molar-refractivity contribution is 8.00. The number of fused-ring (bicyclic) bond motifs is 3. The summed E-state index contributed by atoms with van der Waals surface area (Å²) in [5, 5.41) is 5.61. The summed E-state index contributed by atoms with van der Waals surface area (Å²) in [7, 11) is 0. The van der Waals surface area contributed by atoms with Crippen molar-refractivity contribution < 1.29 is 9.59 Å². The molecule has 2 aromatic heterocycles. The molecular weight excluding hydrogens is 420 g/mol. The molecule has 2 N–H and O–H groups in total. The van der Waals surface area contributed by atoms with Gasteiger partial charge in [0, 0.05) is 18.0 Å². The minimum absolute atomic E-state index is 0.0143. The van der Waals surface area contributed by atoms with Crippen LogP contribution in [0, 0.1) is 11.8 Å². The molecule has 1 aliphatic rings. The van der Waals surface area contributed by atoms with Gasteiger partial charge in [0.1, 0.15) is 4.83 Å². The molecule has 0 aromatic carbocycles. The summed E-state index contributed by atoms with van der Waals surface area (Å²) >= 11 is 2.83. The first-order chi connectivity index (χ1) is 14.2. The van der Waals surface area contributed by atoms with Gasteiger partial charge < -0.3 is 5.32 Å². The first kappa shape index (κ1) is 22.8. The number of urea groups is 1. The van der Waals surface area contributed by atoms with Crippen molar-refractivity contribution in [2.75, 3.05) is 6.54 Å². The van der Waals surface area contributed by atoms with Gasteiger partial charge in [-0.25, -0.2) is 9.78 Å². The minimum atomic E-state index is -0.565. The summed E-state index contributed by atoms with van der Waals surface area (Å²) in [4.78, 5) is 44.4. The highest BCUT2D eigenvalue weighted by atomic mass is 32.2. The monoisotopic (exact) mass is 450 g/mol. The third-order valence-electron chi connectivity index (χ3n) is 5.15. The predicted molar refractivity (Wildman–Crippen MR) is 122 cm³/mol. The van der Waals surface area contributed by atoms with Crippen LogP contribution in [0.2, 0.25) is 0 Å². The Morgan fingerprint density at radius 2 is 2.07 bits per heavy atom. The van der Waals surface area contributed by atoms with E-state index in [-0.39, 0.29) is 11.5 Å². The van der Waals surface area contributed by atoms with Crippen molar-refractivity contribution in [2.45, 2.75) is 70.8 Å². The lowest BCUT2D eigenvalue weighted by Crippen LogP contribution is -2.42. The number of hydrogen-bond acceptors (Lipinski definition) is 6. The van der Waals surface area contributed by atoms with Gasteiger partial charge in [-0.1, -0.05) is 32.5 Å². The molecule has 7 nitrogen and oxygen atoms in total. The Morgan fingerprint density at radius 3 is 2.73 bits per heavy atom. The van der Waals surface area contributed by atoms with Crippen LogP contribution in [0.25, 0.3) is 10.2 Å². The van der Waals surface area contributed by atoms with Crippen molar-refractivity contribution >= 4 is 45.3 Å². The Morgan fingerprint density at radius 1 is 1.33 bits per heavy atom. The lowest BCUT2D eigenvalue weighted by atomic mass is 9.89. The van der Waals surface area contributed by atoms with Gasteiger partial charge in [0.2, 0.25) is 5.91 Å². The molecule has 2 unspecified atom stereocenters. The van der Waals surface area contributed by atoms with Gasteiger partial charge >= 0.3 is 6.03 Å². The van der Waals surface area contributed by atoms with E-state index in [1.54, 1.807) is 29.8 Å². The van der Waals surface area contributed by atoms with E-state index in [0.29, 0.717) is 24.2 Å². The molecule has 1 aliphatic carbocycles. The Hall–Kier alpha value is -1.87. The zero-order chi connectivity index (χ0) is 22.0. The molecule has 2 aromatic rings. The van der Waals surface area contributed by atoms with Crippen LogP contribution in [0.3, 0.4) is 0 Å². The number of nitrogens with zero attached hydrogens (tertiary/aromatic N) is 2. The Bertz CT molecular complexity index is 1010. The molecule has 2 heterocycles. The number of aryl methyl sites for hydroxylation is 1. The molecule has 0 bridgehead atoms. The highest BCUT2D eigenvalue weighted by Crippen LogP contribution is 2.37. The van der Waals surface area contributed by atoms with Crippen molar-refractivity contribution in [3.8, 4) is 0 Å². The SMILES string of the molecule is CCNC(=O)NC(=O)C(C)Sc1nc2sc3c(c2c(=O)n1CC(C)C)CCC(C)C3. The zero-order valence-corrected chi connectivity index (χ0v) is 19.8. The van der Waals surface area contributed by atoms with Crippen molar-refractivity contribution in [2.24, 2.45) is 11.8 Å². The van der Waals surface area contributed by atoms with Crippen LogP contribution in [0.4, 0.5) is 4.79 Å². The van der Waals surface area contributed by atoms with E-state index in [9.17, 15) is 14.4 Å². The maximum absolute atomic E-state index is 13.5. The maximum Gasteiger partial charge on any atom is 0.321 e. The summed E-state index contributed by atoms with van der Waals surface area (Å²) in [6, 6.07) is -0.516. The molecule has 3 rings (SSSR count). The maximum atomic E-state index is 13.5. The average Bonchev–Trinajstić information content (AvgIpc) is 3.01. The number of rotatable bonds is 6. The Kier molecular flexibility index (Phi) is 7.23. The fraction of sp³-hybridized carbons (Fsp3) is 0.619. The molecule has 164 valence electrons. The smallest absolute Gasteiger partial charge is 0.321 e. The molecule has 0 radical (unpaired) electrons. The standard InChI is InChI=1S/C21H30N4O3S2/c1-6-22-20(28)23-17(26)13(5)29-21-24-18-16(19(27)25(21)10-11(2)3)14-8-7-12(4)9-15(14)30-18/h11-13H,6-10H2,1-5H3,(H2,22,23,26,28). The van der Waals surface area contributed by atoms with Crippen molar-refractivity contribution in [3.63, 3.8) is 0 Å². The van der Waals surface area contributed by atoms with E-state index in [1.807, 2.05) is 0 Å². The molecule has 0 aliphatic heterocycles. The third-order valence-corrected chi connectivity index (χ3v) is 7.39. The second kappa shape index (κ2) is 9.51. The number of amides is 3. The normalized spacial score (nSPS) is 17.1. The van der Waals surface area contributed by atoms with E-state index >= 15 is 0 Å². The molecule has 0 saturated heterocycles. The Balaban J connectivity index is 1.97. The number of hydrogen-bond donors (Lipinski definition) is 2. The van der Waals surface area contributed by atoms with E-state index in [0.717, 1.165) is 29.5 Å². The number of nitrogens with one attached hydrogen (secondary N) is 2. The lowest BCUT2D eigenvalue weighted by Gasteiger charge is -2.18. The molecule has 0 fully saturated rings. The fourth-order valence-electron chi connectivity index (χ4n) is 3.65. The predicted octanol–water partition coefficient (Wildman–Crippen LogP) is 3.57. The Labute approximate surface area is 185 Å². The first-order valence-corrected chi connectivity index (χ1v) is 12.2. The number of aromatic nitrogens is 2. The van der Waals surface area contributed by atoms with E-state index in [2.05, 4.69) is 31.4 Å². The van der Waals surface area contributed by atoms with Crippen LogP contribution in [0.15, 0.2) is 9.95 Å². The van der Waals surface area contributed by atoms with Crippen LogP contribution in [0.5, 0.6) is 0 Å². The van der Waals surface area contributed by atoms with Crippen LogP contribution in [-0.4, -0.2) is 33.3 Å². The summed E-state index contributed by atoms with van der Waals surface area (Å²) in [5.74, 6) is 0.473. The van der Waals surface area contributed by atoms with E-state index in [1.165, 1.54) is 22.2 Å². The number of carbonyl (C=O) groups excluding carboxylic acids is 2. The summed E-state index contributed by atoms with van der Waals surface area (Å²) in [6.45, 7) is 10.8. The van der Waals surface area contributed by atoms with Gasteiger partial charge in [0.05, 0.1) is 10.6 Å². The zero-order valence-electron chi connectivity index (χ0n) is 18.2. The van der Waals surface area contributed by atoms with Gasteiger partial charge in [-0.15, -0.1) is 11.3 Å². The van der Waals surface area contributed by atoms with E-state index in [4.69, 9.17) is 4.98 Å². The quantitative estimate of drug-likeness (QED) is 0.518. The number of thioether (sulfide) groups is 1. The third kappa shape index (κ3) is 4.88. The second-order valence-corrected chi connectivity index (χ2v) is 10.7. The number of carbonyl (C=O) groups is 2. The van der Waals surface area contributed by atoms with Gasteiger partial charge in [0.15, 0.2) is 5.16 Å². The molecular formula is C21H30N4O3S2. The van der Waals surface area contributed by atoms with Gasteiger partial charge in [-0.2, -0.15) is 0 Å². The van der Waals surface area contributed by atoms with Gasteiger partial charge in [-0.05, 0) is 50.5 Å². The highest BCUT2D eigenvalue weighted by Gasteiger charge is 2.26. The van der Waals surface area contributed by atoms with Gasteiger partial charge in [0.25, 0.3) is 5.56 Å². The van der Waals surface area contributed by atoms with Crippen LogP contribution in [-0.2, 0) is 24.2 Å². The molecule has 30 heavy (non-hydrogen) atoms. The average molecular weight is 451 g/mol. The summed E-state index contributed by atoms with van der Waals surface area (Å²) in [6.07, 6.45) is 3.01. The summed E-state index contributed by atoms with van der Waals surface area (Å²) < 4.78 is 1.71.